The van der Waals surface area contributed by atoms with Gasteiger partial charge in [-0.2, -0.15) is 0 Å². The van der Waals surface area contributed by atoms with Crippen LogP contribution >= 0.6 is 0 Å². The molecule has 1 aliphatic rings. The van der Waals surface area contributed by atoms with Crippen LogP contribution in [0.4, 0.5) is 0 Å². The van der Waals surface area contributed by atoms with Gasteiger partial charge >= 0.3 is 0 Å². The van der Waals surface area contributed by atoms with Gasteiger partial charge in [-0.1, -0.05) is 30.3 Å². The molecular formula is C13H15NO2. The van der Waals surface area contributed by atoms with Crippen LogP contribution in [-0.4, -0.2) is 23.3 Å². The highest BCUT2D eigenvalue weighted by Gasteiger charge is 2.33. The third kappa shape index (κ3) is 2.13. The molecule has 1 aromatic rings. The Hall–Kier alpha value is -1.64. The van der Waals surface area contributed by atoms with Crippen molar-refractivity contribution in [3.8, 4) is 0 Å². The lowest BCUT2D eigenvalue weighted by Gasteiger charge is -2.12. The van der Waals surface area contributed by atoms with Gasteiger partial charge in [0.15, 0.2) is 0 Å². The fourth-order valence-corrected chi connectivity index (χ4v) is 2.14. The molecule has 1 atom stereocenters. The van der Waals surface area contributed by atoms with Crippen LogP contribution in [0.1, 0.15) is 18.9 Å². The maximum absolute atomic E-state index is 11.9. The molecule has 0 spiro atoms. The predicted octanol–water partition coefficient (Wildman–Crippen LogP) is 1.62. The smallest absolute Gasteiger partial charge is 0.232 e. The number of carbonyl (C=O) groups is 2. The van der Waals surface area contributed by atoms with Crippen LogP contribution in [0, 0.1) is 5.92 Å². The molecule has 0 radical (unpaired) electrons. The lowest BCUT2D eigenvalue weighted by Crippen LogP contribution is -2.32. The Balaban J connectivity index is 2.03. The molecule has 0 aliphatic carbocycles. The molecule has 3 nitrogen and oxygen atoms in total. The van der Waals surface area contributed by atoms with E-state index in [1.165, 1.54) is 11.8 Å². The SMILES string of the molecule is CC(=O)N1CCC(Cc2ccccc2)C1=O. The number of benzene rings is 1. The minimum atomic E-state index is -0.138. The number of hydrogen-bond donors (Lipinski definition) is 0. The molecule has 3 heteroatoms. The quantitative estimate of drug-likeness (QED) is 0.755. The first-order valence-electron chi connectivity index (χ1n) is 5.54. The molecule has 0 aromatic heterocycles. The largest absolute Gasteiger partial charge is 0.283 e. The summed E-state index contributed by atoms with van der Waals surface area (Å²) in [6.07, 6.45) is 1.52. The first kappa shape index (κ1) is 10.9. The predicted molar refractivity (Wildman–Crippen MR) is 60.6 cm³/mol. The molecular weight excluding hydrogens is 202 g/mol. The summed E-state index contributed by atoms with van der Waals surface area (Å²) in [7, 11) is 0. The van der Waals surface area contributed by atoms with E-state index in [0.717, 1.165) is 18.4 Å². The van der Waals surface area contributed by atoms with E-state index in [-0.39, 0.29) is 17.7 Å². The van der Waals surface area contributed by atoms with Gasteiger partial charge in [0, 0.05) is 19.4 Å². The maximum atomic E-state index is 11.9. The Morgan fingerprint density at radius 3 is 2.62 bits per heavy atom. The molecule has 2 amide bonds. The molecule has 1 saturated heterocycles. The van der Waals surface area contributed by atoms with Gasteiger partial charge in [0.1, 0.15) is 0 Å². The van der Waals surface area contributed by atoms with E-state index in [1.54, 1.807) is 0 Å². The Labute approximate surface area is 95.1 Å². The van der Waals surface area contributed by atoms with Crippen molar-refractivity contribution in [2.75, 3.05) is 6.54 Å². The lowest BCUT2D eigenvalue weighted by atomic mass is 9.98. The van der Waals surface area contributed by atoms with Crippen molar-refractivity contribution in [1.82, 2.24) is 4.90 Å². The number of amides is 2. The van der Waals surface area contributed by atoms with Gasteiger partial charge < -0.3 is 0 Å². The van der Waals surface area contributed by atoms with Crippen LogP contribution in [-0.2, 0) is 16.0 Å². The summed E-state index contributed by atoms with van der Waals surface area (Å²) in [5, 5.41) is 0. The molecule has 1 heterocycles. The van der Waals surface area contributed by atoms with Crippen molar-refractivity contribution in [2.45, 2.75) is 19.8 Å². The highest BCUT2D eigenvalue weighted by Crippen LogP contribution is 2.22. The minimum Gasteiger partial charge on any atom is -0.283 e. The zero-order chi connectivity index (χ0) is 11.5. The van der Waals surface area contributed by atoms with E-state index < -0.39 is 0 Å². The van der Waals surface area contributed by atoms with Crippen LogP contribution in [0.2, 0.25) is 0 Å². The lowest BCUT2D eigenvalue weighted by molar-refractivity contribution is -0.142. The van der Waals surface area contributed by atoms with E-state index in [1.807, 2.05) is 30.3 Å². The molecule has 1 unspecified atom stereocenters. The number of nitrogens with zero attached hydrogens (tertiary/aromatic N) is 1. The molecule has 0 N–H and O–H groups in total. The van der Waals surface area contributed by atoms with E-state index in [9.17, 15) is 9.59 Å². The van der Waals surface area contributed by atoms with Crippen molar-refractivity contribution in [3.63, 3.8) is 0 Å². The third-order valence-electron chi connectivity index (χ3n) is 3.02. The second-order valence-corrected chi connectivity index (χ2v) is 4.18. The van der Waals surface area contributed by atoms with Crippen molar-refractivity contribution in [3.05, 3.63) is 35.9 Å². The van der Waals surface area contributed by atoms with Gasteiger partial charge in [0.2, 0.25) is 11.8 Å². The summed E-state index contributed by atoms with van der Waals surface area (Å²) in [4.78, 5) is 24.4. The normalized spacial score (nSPS) is 20.2. The van der Waals surface area contributed by atoms with Crippen LogP contribution < -0.4 is 0 Å². The van der Waals surface area contributed by atoms with Crippen LogP contribution in [0.3, 0.4) is 0 Å². The van der Waals surface area contributed by atoms with E-state index in [2.05, 4.69) is 0 Å². The molecule has 1 aromatic carbocycles. The van der Waals surface area contributed by atoms with Gasteiger partial charge in [-0.15, -0.1) is 0 Å². The molecule has 2 rings (SSSR count). The fourth-order valence-electron chi connectivity index (χ4n) is 2.14. The Kier molecular flexibility index (Phi) is 3.04. The highest BCUT2D eigenvalue weighted by molar-refractivity contribution is 5.96. The second kappa shape index (κ2) is 4.47. The first-order valence-corrected chi connectivity index (χ1v) is 5.54. The van der Waals surface area contributed by atoms with Crippen molar-refractivity contribution in [1.29, 1.82) is 0 Å². The van der Waals surface area contributed by atoms with Gasteiger partial charge in [0.25, 0.3) is 0 Å². The molecule has 0 bridgehead atoms. The molecule has 16 heavy (non-hydrogen) atoms. The monoisotopic (exact) mass is 217 g/mol. The van der Waals surface area contributed by atoms with Crippen LogP contribution in [0.25, 0.3) is 0 Å². The zero-order valence-electron chi connectivity index (χ0n) is 9.35. The summed E-state index contributed by atoms with van der Waals surface area (Å²) < 4.78 is 0. The zero-order valence-corrected chi connectivity index (χ0v) is 9.35. The van der Waals surface area contributed by atoms with E-state index >= 15 is 0 Å². The summed E-state index contributed by atoms with van der Waals surface area (Å²) in [6.45, 7) is 2.02. The Morgan fingerprint density at radius 2 is 2.06 bits per heavy atom. The van der Waals surface area contributed by atoms with Gasteiger partial charge in [-0.3, -0.25) is 14.5 Å². The van der Waals surface area contributed by atoms with Crippen molar-refractivity contribution < 1.29 is 9.59 Å². The van der Waals surface area contributed by atoms with E-state index in [0.29, 0.717) is 6.54 Å². The minimum absolute atomic E-state index is 0.0173. The fraction of sp³-hybridized carbons (Fsp3) is 0.385. The molecule has 1 aliphatic heterocycles. The van der Waals surface area contributed by atoms with Crippen LogP contribution in [0.5, 0.6) is 0 Å². The molecule has 0 saturated carbocycles. The second-order valence-electron chi connectivity index (χ2n) is 4.18. The number of imide groups is 1. The first-order chi connectivity index (χ1) is 7.68. The van der Waals surface area contributed by atoms with E-state index in [4.69, 9.17) is 0 Å². The van der Waals surface area contributed by atoms with Crippen molar-refractivity contribution >= 4 is 11.8 Å². The number of carbonyl (C=O) groups excluding carboxylic acids is 2. The maximum Gasteiger partial charge on any atom is 0.232 e. The summed E-state index contributed by atoms with van der Waals surface area (Å²) >= 11 is 0. The molecule has 84 valence electrons. The summed E-state index contributed by atoms with van der Waals surface area (Å²) in [6, 6.07) is 9.93. The highest BCUT2D eigenvalue weighted by atomic mass is 16.2. The summed E-state index contributed by atoms with van der Waals surface area (Å²) in [5.74, 6) is -0.178. The van der Waals surface area contributed by atoms with Gasteiger partial charge in [-0.25, -0.2) is 0 Å². The average molecular weight is 217 g/mol. The number of hydrogen-bond acceptors (Lipinski definition) is 2. The standard InChI is InChI=1S/C13H15NO2/c1-10(15)14-8-7-12(13(14)16)9-11-5-3-2-4-6-11/h2-6,12H,7-9H2,1H3. The number of likely N-dealkylation sites (tertiary alicyclic amines) is 1. The van der Waals surface area contributed by atoms with Gasteiger partial charge in [-0.05, 0) is 18.4 Å². The van der Waals surface area contributed by atoms with Gasteiger partial charge in [0.05, 0.1) is 0 Å². The molecule has 1 fully saturated rings. The topological polar surface area (TPSA) is 37.4 Å². The van der Waals surface area contributed by atoms with Crippen LogP contribution in [0.15, 0.2) is 30.3 Å². The average Bonchev–Trinajstić information content (AvgIpc) is 2.62. The summed E-state index contributed by atoms with van der Waals surface area (Å²) in [5.41, 5.74) is 1.16. The Bertz CT molecular complexity index is 400. The number of rotatable bonds is 2. The Morgan fingerprint density at radius 1 is 1.38 bits per heavy atom. The third-order valence-corrected chi connectivity index (χ3v) is 3.02. The van der Waals surface area contributed by atoms with Crippen molar-refractivity contribution in [2.24, 2.45) is 5.92 Å².